The Kier molecular flexibility index (Phi) is 4.39. The highest BCUT2D eigenvalue weighted by Gasteiger charge is 2.08. The third-order valence-electron chi connectivity index (χ3n) is 2.64. The zero-order valence-corrected chi connectivity index (χ0v) is 9.75. The third kappa shape index (κ3) is 3.42. The minimum Gasteiger partial charge on any atom is -0.297 e. The molecule has 1 N–H and O–H groups in total. The van der Waals surface area contributed by atoms with E-state index in [0.717, 1.165) is 6.42 Å². The molecule has 0 aliphatic carbocycles. The van der Waals surface area contributed by atoms with Gasteiger partial charge in [-0.25, -0.2) is 0 Å². The largest absolute Gasteiger partial charge is 0.297 e. The Labute approximate surface area is 92.9 Å². The van der Waals surface area contributed by atoms with Gasteiger partial charge in [0.05, 0.1) is 6.04 Å². The second-order valence-corrected chi connectivity index (χ2v) is 3.93. The van der Waals surface area contributed by atoms with E-state index in [4.69, 9.17) is 6.42 Å². The lowest BCUT2D eigenvalue weighted by Crippen LogP contribution is -2.29. The predicted molar refractivity (Wildman–Crippen MR) is 65.6 cm³/mol. The van der Waals surface area contributed by atoms with Gasteiger partial charge in [0.2, 0.25) is 0 Å². The quantitative estimate of drug-likeness (QED) is 0.738. The number of aryl methyl sites for hydroxylation is 1. The number of rotatable bonds is 4. The standard InChI is InChI=1S/C14H19N/c1-5-14(6-2)15-12(4)13-9-7-11(3)8-10-13/h1,7-10,12,14-15H,6H2,2-4H3/t12-,14?/m1/s1. The molecule has 1 heteroatoms. The van der Waals surface area contributed by atoms with E-state index < -0.39 is 0 Å². The number of nitrogens with one attached hydrogen (secondary N) is 1. The molecule has 2 atom stereocenters. The van der Waals surface area contributed by atoms with Gasteiger partial charge >= 0.3 is 0 Å². The van der Waals surface area contributed by atoms with Crippen LogP contribution in [0.5, 0.6) is 0 Å². The maximum absolute atomic E-state index is 5.42. The van der Waals surface area contributed by atoms with Crippen molar-refractivity contribution in [2.75, 3.05) is 0 Å². The predicted octanol–water partition coefficient (Wildman–Crippen LogP) is 3.06. The molecule has 0 spiro atoms. The Morgan fingerprint density at radius 2 is 1.93 bits per heavy atom. The summed E-state index contributed by atoms with van der Waals surface area (Å²) in [5.74, 6) is 2.75. The first-order chi connectivity index (χ1) is 7.17. The van der Waals surface area contributed by atoms with Crippen molar-refractivity contribution in [3.8, 4) is 12.3 Å². The summed E-state index contributed by atoms with van der Waals surface area (Å²) in [7, 11) is 0. The van der Waals surface area contributed by atoms with Gasteiger partial charge in [0, 0.05) is 6.04 Å². The average Bonchev–Trinajstić information content (AvgIpc) is 2.26. The van der Waals surface area contributed by atoms with Crippen LogP contribution in [0.25, 0.3) is 0 Å². The van der Waals surface area contributed by atoms with Gasteiger partial charge in [0.25, 0.3) is 0 Å². The summed E-state index contributed by atoms with van der Waals surface area (Å²) in [6.45, 7) is 6.34. The van der Waals surface area contributed by atoms with Crippen molar-refractivity contribution in [1.82, 2.24) is 5.32 Å². The van der Waals surface area contributed by atoms with Crippen LogP contribution in [0.15, 0.2) is 24.3 Å². The fourth-order valence-electron chi connectivity index (χ4n) is 1.54. The first-order valence-corrected chi connectivity index (χ1v) is 5.46. The summed E-state index contributed by atoms with van der Waals surface area (Å²) in [5.41, 5.74) is 2.57. The minimum absolute atomic E-state index is 0.168. The van der Waals surface area contributed by atoms with Crippen molar-refractivity contribution in [3.05, 3.63) is 35.4 Å². The summed E-state index contributed by atoms with van der Waals surface area (Å²) >= 11 is 0. The lowest BCUT2D eigenvalue weighted by Gasteiger charge is -2.18. The Bertz CT molecular complexity index is 331. The van der Waals surface area contributed by atoms with Crippen LogP contribution < -0.4 is 5.32 Å². The molecule has 1 rings (SSSR count). The normalized spacial score (nSPS) is 14.3. The Morgan fingerprint density at radius 1 is 1.33 bits per heavy atom. The monoisotopic (exact) mass is 201 g/mol. The molecule has 0 amide bonds. The maximum atomic E-state index is 5.42. The first kappa shape index (κ1) is 11.8. The molecule has 1 nitrogen and oxygen atoms in total. The lowest BCUT2D eigenvalue weighted by atomic mass is 10.1. The van der Waals surface area contributed by atoms with Gasteiger partial charge in [-0.3, -0.25) is 5.32 Å². The molecule has 0 aliphatic heterocycles. The van der Waals surface area contributed by atoms with Gasteiger partial charge in [-0.15, -0.1) is 6.42 Å². The minimum atomic E-state index is 0.168. The second-order valence-electron chi connectivity index (χ2n) is 3.93. The van der Waals surface area contributed by atoms with Crippen molar-refractivity contribution in [3.63, 3.8) is 0 Å². The van der Waals surface area contributed by atoms with Gasteiger partial charge in [-0.05, 0) is 25.8 Å². The van der Waals surface area contributed by atoms with Crippen molar-refractivity contribution < 1.29 is 0 Å². The SMILES string of the molecule is C#CC(CC)N[C@H](C)c1ccc(C)cc1. The van der Waals surface area contributed by atoms with E-state index in [9.17, 15) is 0 Å². The highest BCUT2D eigenvalue weighted by molar-refractivity contribution is 5.24. The number of hydrogen-bond donors (Lipinski definition) is 1. The molecule has 80 valence electrons. The highest BCUT2D eigenvalue weighted by Crippen LogP contribution is 2.14. The molecular formula is C14H19N. The fraction of sp³-hybridized carbons (Fsp3) is 0.429. The Hall–Kier alpha value is -1.26. The fourth-order valence-corrected chi connectivity index (χ4v) is 1.54. The molecule has 1 aromatic rings. The van der Waals surface area contributed by atoms with E-state index in [1.165, 1.54) is 11.1 Å². The summed E-state index contributed by atoms with van der Waals surface area (Å²) < 4.78 is 0. The number of hydrogen-bond acceptors (Lipinski definition) is 1. The molecule has 0 bridgehead atoms. The van der Waals surface area contributed by atoms with E-state index in [2.05, 4.69) is 56.3 Å². The molecule has 0 fully saturated rings. The van der Waals surface area contributed by atoms with Gasteiger partial charge in [0.1, 0.15) is 0 Å². The van der Waals surface area contributed by atoms with Gasteiger partial charge < -0.3 is 0 Å². The summed E-state index contributed by atoms with van der Waals surface area (Å²) in [5, 5.41) is 3.42. The van der Waals surface area contributed by atoms with E-state index in [0.29, 0.717) is 6.04 Å². The van der Waals surface area contributed by atoms with E-state index >= 15 is 0 Å². The maximum Gasteiger partial charge on any atom is 0.0688 e. The molecule has 0 saturated heterocycles. The Balaban J connectivity index is 2.65. The third-order valence-corrected chi connectivity index (χ3v) is 2.64. The van der Waals surface area contributed by atoms with Crippen LogP contribution in [-0.2, 0) is 0 Å². The van der Waals surface area contributed by atoms with Crippen LogP contribution in [0.3, 0.4) is 0 Å². The van der Waals surface area contributed by atoms with Gasteiger partial charge in [-0.2, -0.15) is 0 Å². The van der Waals surface area contributed by atoms with Crippen LogP contribution in [0.2, 0.25) is 0 Å². The molecule has 0 aliphatic rings. The van der Waals surface area contributed by atoms with Crippen molar-refractivity contribution in [2.45, 2.75) is 39.3 Å². The van der Waals surface area contributed by atoms with Crippen molar-refractivity contribution in [1.29, 1.82) is 0 Å². The first-order valence-electron chi connectivity index (χ1n) is 5.46. The number of terminal acetylenes is 1. The van der Waals surface area contributed by atoms with E-state index in [1.54, 1.807) is 0 Å². The number of benzene rings is 1. The topological polar surface area (TPSA) is 12.0 Å². The van der Waals surface area contributed by atoms with Crippen molar-refractivity contribution >= 4 is 0 Å². The summed E-state index contributed by atoms with van der Waals surface area (Å²) in [6.07, 6.45) is 6.39. The molecule has 0 saturated carbocycles. The van der Waals surface area contributed by atoms with Gasteiger partial charge in [0.15, 0.2) is 0 Å². The molecule has 1 unspecified atom stereocenters. The molecule has 1 aromatic carbocycles. The van der Waals surface area contributed by atoms with Crippen LogP contribution in [0.1, 0.15) is 37.4 Å². The van der Waals surface area contributed by atoms with Crippen LogP contribution in [0.4, 0.5) is 0 Å². The molecular weight excluding hydrogens is 182 g/mol. The van der Waals surface area contributed by atoms with Crippen molar-refractivity contribution in [2.24, 2.45) is 0 Å². The zero-order valence-electron chi connectivity index (χ0n) is 9.75. The van der Waals surface area contributed by atoms with Gasteiger partial charge in [-0.1, -0.05) is 42.7 Å². The average molecular weight is 201 g/mol. The van der Waals surface area contributed by atoms with Crippen LogP contribution in [-0.4, -0.2) is 6.04 Å². The van der Waals surface area contributed by atoms with Crippen LogP contribution in [0, 0.1) is 19.3 Å². The summed E-state index contributed by atoms with van der Waals surface area (Å²) in [6, 6.07) is 9.04. The van der Waals surface area contributed by atoms with E-state index in [-0.39, 0.29) is 6.04 Å². The molecule has 0 radical (unpaired) electrons. The Morgan fingerprint density at radius 3 is 2.40 bits per heavy atom. The lowest BCUT2D eigenvalue weighted by molar-refractivity contribution is 0.512. The smallest absolute Gasteiger partial charge is 0.0688 e. The zero-order chi connectivity index (χ0) is 11.3. The molecule has 15 heavy (non-hydrogen) atoms. The molecule has 0 aromatic heterocycles. The second kappa shape index (κ2) is 5.58. The van der Waals surface area contributed by atoms with E-state index in [1.807, 2.05) is 0 Å². The van der Waals surface area contributed by atoms with Crippen LogP contribution >= 0.6 is 0 Å². The molecule has 0 heterocycles. The summed E-state index contributed by atoms with van der Waals surface area (Å²) in [4.78, 5) is 0. The highest BCUT2D eigenvalue weighted by atomic mass is 14.9.